The van der Waals surface area contributed by atoms with Crippen LogP contribution in [-0.4, -0.2) is 28.4 Å². The molecule has 1 atom stereocenters. The van der Waals surface area contributed by atoms with Crippen LogP contribution in [0.5, 0.6) is 0 Å². The lowest BCUT2D eigenvalue weighted by Gasteiger charge is -2.22. The van der Waals surface area contributed by atoms with Crippen LogP contribution in [-0.2, 0) is 16.1 Å². The van der Waals surface area contributed by atoms with E-state index in [4.69, 9.17) is 4.74 Å². The van der Waals surface area contributed by atoms with E-state index in [1.807, 2.05) is 24.7 Å². The minimum absolute atomic E-state index is 0.0449. The number of anilines is 1. The number of carbonyl (C=O) groups excluding carboxylic acids is 1. The predicted molar refractivity (Wildman–Crippen MR) is 73.9 cm³/mol. The Morgan fingerprint density at radius 3 is 3.11 bits per heavy atom. The molecule has 1 aliphatic heterocycles. The highest BCUT2D eigenvalue weighted by Crippen LogP contribution is 2.15. The van der Waals surface area contributed by atoms with Crippen LogP contribution in [0, 0.1) is 5.92 Å². The normalized spacial score (nSPS) is 19.6. The van der Waals surface area contributed by atoms with Crippen molar-refractivity contribution < 1.29 is 9.53 Å². The van der Waals surface area contributed by atoms with Gasteiger partial charge < -0.3 is 10.1 Å². The van der Waals surface area contributed by atoms with E-state index in [0.29, 0.717) is 12.3 Å². The summed E-state index contributed by atoms with van der Waals surface area (Å²) in [6.45, 7) is 5.68. The molecule has 0 aliphatic carbocycles. The Morgan fingerprint density at radius 2 is 2.42 bits per heavy atom. The molecule has 106 valence electrons. The van der Waals surface area contributed by atoms with Gasteiger partial charge in [0, 0.05) is 19.2 Å². The van der Waals surface area contributed by atoms with Crippen LogP contribution in [0.4, 0.5) is 5.69 Å². The zero-order chi connectivity index (χ0) is 13.7. The lowest BCUT2D eigenvalue weighted by Crippen LogP contribution is -2.24. The molecule has 0 spiro atoms. The minimum atomic E-state index is 0.0449. The molecule has 0 radical (unpaired) electrons. The van der Waals surface area contributed by atoms with Crippen LogP contribution in [0.25, 0.3) is 0 Å². The van der Waals surface area contributed by atoms with Gasteiger partial charge in [-0.3, -0.25) is 9.48 Å². The lowest BCUT2D eigenvalue weighted by molar-refractivity contribution is -0.116. The molecule has 2 rings (SSSR count). The standard InChI is InChI=1S/C14H23N3O2/c1-11(2)7-14(18)16-12-8-15-17(9-12)10-13-5-3-4-6-19-13/h8-9,11,13H,3-7,10H2,1-2H3,(H,16,18). The number of hydrogen-bond acceptors (Lipinski definition) is 3. The molecule has 0 saturated carbocycles. The van der Waals surface area contributed by atoms with Crippen molar-refractivity contribution in [3.63, 3.8) is 0 Å². The average Bonchev–Trinajstić information content (AvgIpc) is 2.76. The Kier molecular flexibility index (Phi) is 4.96. The minimum Gasteiger partial charge on any atom is -0.376 e. The van der Waals surface area contributed by atoms with Gasteiger partial charge in [-0.25, -0.2) is 0 Å². The number of nitrogens with zero attached hydrogens (tertiary/aromatic N) is 2. The molecule has 5 nitrogen and oxygen atoms in total. The van der Waals surface area contributed by atoms with Crippen molar-refractivity contribution in [2.45, 2.75) is 52.2 Å². The Labute approximate surface area is 114 Å². The number of carbonyl (C=O) groups is 1. The third kappa shape index (κ3) is 4.67. The topological polar surface area (TPSA) is 56.2 Å². The van der Waals surface area contributed by atoms with E-state index in [-0.39, 0.29) is 12.0 Å². The molecule has 1 unspecified atom stereocenters. The van der Waals surface area contributed by atoms with E-state index in [1.165, 1.54) is 6.42 Å². The molecular weight excluding hydrogens is 242 g/mol. The average molecular weight is 265 g/mol. The van der Waals surface area contributed by atoms with E-state index in [0.717, 1.165) is 31.7 Å². The molecule has 1 aliphatic rings. The second-order valence-corrected chi connectivity index (χ2v) is 5.59. The highest BCUT2D eigenvalue weighted by molar-refractivity contribution is 5.90. The van der Waals surface area contributed by atoms with Gasteiger partial charge >= 0.3 is 0 Å². The van der Waals surface area contributed by atoms with Crippen molar-refractivity contribution in [1.29, 1.82) is 0 Å². The first-order valence-electron chi connectivity index (χ1n) is 7.07. The molecule has 1 amide bonds. The maximum absolute atomic E-state index is 11.6. The number of aromatic nitrogens is 2. The summed E-state index contributed by atoms with van der Waals surface area (Å²) in [6, 6.07) is 0. The fraction of sp³-hybridized carbons (Fsp3) is 0.714. The van der Waals surface area contributed by atoms with Crippen LogP contribution in [0.2, 0.25) is 0 Å². The van der Waals surface area contributed by atoms with Gasteiger partial charge in [0.05, 0.1) is 24.5 Å². The lowest BCUT2D eigenvalue weighted by atomic mass is 10.1. The molecule has 1 saturated heterocycles. The number of hydrogen-bond donors (Lipinski definition) is 1. The zero-order valence-electron chi connectivity index (χ0n) is 11.8. The van der Waals surface area contributed by atoms with Gasteiger partial charge in [0.1, 0.15) is 0 Å². The van der Waals surface area contributed by atoms with E-state index in [1.54, 1.807) is 6.20 Å². The molecule has 19 heavy (non-hydrogen) atoms. The number of ether oxygens (including phenoxy) is 1. The maximum atomic E-state index is 11.6. The van der Waals surface area contributed by atoms with Crippen LogP contribution in [0.1, 0.15) is 39.5 Å². The predicted octanol–water partition coefficient (Wildman–Crippen LogP) is 2.44. The summed E-state index contributed by atoms with van der Waals surface area (Å²) in [6.07, 6.45) is 7.84. The number of rotatable bonds is 5. The monoisotopic (exact) mass is 265 g/mol. The van der Waals surface area contributed by atoms with Gasteiger partial charge in [0.15, 0.2) is 0 Å². The SMILES string of the molecule is CC(C)CC(=O)Nc1cnn(CC2CCCCO2)c1. The Morgan fingerprint density at radius 1 is 1.58 bits per heavy atom. The van der Waals surface area contributed by atoms with Crippen LogP contribution in [0.3, 0.4) is 0 Å². The molecular formula is C14H23N3O2. The molecule has 1 fully saturated rings. The van der Waals surface area contributed by atoms with Crippen LogP contribution < -0.4 is 5.32 Å². The van der Waals surface area contributed by atoms with Gasteiger partial charge in [-0.2, -0.15) is 5.10 Å². The van der Waals surface area contributed by atoms with Gasteiger partial charge in [0.25, 0.3) is 0 Å². The van der Waals surface area contributed by atoms with Crippen molar-refractivity contribution in [3.8, 4) is 0 Å². The molecule has 2 heterocycles. The largest absolute Gasteiger partial charge is 0.376 e. The summed E-state index contributed by atoms with van der Waals surface area (Å²) in [4.78, 5) is 11.6. The highest BCUT2D eigenvalue weighted by atomic mass is 16.5. The Bertz CT molecular complexity index is 409. The van der Waals surface area contributed by atoms with Gasteiger partial charge in [-0.15, -0.1) is 0 Å². The number of nitrogens with one attached hydrogen (secondary N) is 1. The van der Waals surface area contributed by atoms with Crippen LogP contribution in [0.15, 0.2) is 12.4 Å². The van der Waals surface area contributed by atoms with Gasteiger partial charge in [-0.1, -0.05) is 13.8 Å². The van der Waals surface area contributed by atoms with Crippen LogP contribution >= 0.6 is 0 Å². The van der Waals surface area contributed by atoms with Gasteiger partial charge in [-0.05, 0) is 25.2 Å². The van der Waals surface area contributed by atoms with Crippen molar-refractivity contribution in [2.24, 2.45) is 5.92 Å². The third-order valence-electron chi connectivity index (χ3n) is 3.18. The summed E-state index contributed by atoms with van der Waals surface area (Å²) < 4.78 is 7.52. The summed E-state index contributed by atoms with van der Waals surface area (Å²) in [5.41, 5.74) is 0.765. The third-order valence-corrected chi connectivity index (χ3v) is 3.18. The maximum Gasteiger partial charge on any atom is 0.224 e. The van der Waals surface area contributed by atoms with E-state index < -0.39 is 0 Å². The van der Waals surface area contributed by atoms with E-state index >= 15 is 0 Å². The smallest absolute Gasteiger partial charge is 0.224 e. The summed E-state index contributed by atoms with van der Waals surface area (Å²) in [7, 11) is 0. The molecule has 1 aromatic rings. The van der Waals surface area contributed by atoms with E-state index in [2.05, 4.69) is 10.4 Å². The zero-order valence-corrected chi connectivity index (χ0v) is 11.8. The Balaban J connectivity index is 1.82. The quantitative estimate of drug-likeness (QED) is 0.889. The first kappa shape index (κ1) is 14.1. The van der Waals surface area contributed by atoms with Crippen molar-refractivity contribution in [2.75, 3.05) is 11.9 Å². The fourth-order valence-corrected chi connectivity index (χ4v) is 2.27. The summed E-state index contributed by atoms with van der Waals surface area (Å²) in [5.74, 6) is 0.411. The number of amides is 1. The second-order valence-electron chi connectivity index (χ2n) is 5.59. The molecule has 1 aromatic heterocycles. The first-order chi connectivity index (χ1) is 9.13. The summed E-state index contributed by atoms with van der Waals surface area (Å²) >= 11 is 0. The Hall–Kier alpha value is -1.36. The molecule has 5 heteroatoms. The summed E-state index contributed by atoms with van der Waals surface area (Å²) in [5, 5.41) is 7.13. The van der Waals surface area contributed by atoms with Crippen molar-refractivity contribution in [3.05, 3.63) is 12.4 Å². The van der Waals surface area contributed by atoms with Crippen molar-refractivity contribution >= 4 is 11.6 Å². The van der Waals surface area contributed by atoms with Gasteiger partial charge in [0.2, 0.25) is 5.91 Å². The first-order valence-corrected chi connectivity index (χ1v) is 7.07. The van der Waals surface area contributed by atoms with Crippen molar-refractivity contribution in [1.82, 2.24) is 9.78 Å². The van der Waals surface area contributed by atoms with E-state index in [9.17, 15) is 4.79 Å². The second kappa shape index (κ2) is 6.70. The molecule has 1 N–H and O–H groups in total. The highest BCUT2D eigenvalue weighted by Gasteiger charge is 2.15. The fourth-order valence-electron chi connectivity index (χ4n) is 2.27. The molecule has 0 aromatic carbocycles. The molecule has 0 bridgehead atoms.